The fourth-order valence-electron chi connectivity index (χ4n) is 5.91. The minimum absolute atomic E-state index is 0.0205. The molecule has 0 bridgehead atoms. The molecule has 2 aliphatic heterocycles. The number of methoxy groups -OCH3 is 1. The molecule has 0 unspecified atom stereocenters. The summed E-state index contributed by atoms with van der Waals surface area (Å²) in [6, 6.07) is 16.7. The summed E-state index contributed by atoms with van der Waals surface area (Å²) in [6.45, 7) is 9.73. The quantitative estimate of drug-likeness (QED) is 0.200. The number of carbonyl (C=O) groups is 2. The molecule has 0 saturated carbocycles. The van der Waals surface area contributed by atoms with E-state index in [4.69, 9.17) is 14.2 Å². The summed E-state index contributed by atoms with van der Waals surface area (Å²) in [5.74, 6) is 0.516. The maximum Gasteiger partial charge on any atom is 0.337 e. The van der Waals surface area contributed by atoms with E-state index in [0.717, 1.165) is 76.2 Å². The van der Waals surface area contributed by atoms with Crippen molar-refractivity contribution in [2.24, 2.45) is 0 Å². The van der Waals surface area contributed by atoms with Gasteiger partial charge in [-0.2, -0.15) is 0 Å². The number of aromatic nitrogens is 1. The second kappa shape index (κ2) is 16.2. The predicted octanol–water partition coefficient (Wildman–Crippen LogP) is 4.42. The molecule has 4 aromatic rings. The van der Waals surface area contributed by atoms with E-state index in [9.17, 15) is 18.0 Å². The Hall–Kier alpha value is -4.54. The Labute approximate surface area is 302 Å². The number of amides is 1. The molecule has 13 nitrogen and oxygen atoms in total. The number of esters is 1. The average molecular weight is 735 g/mol. The van der Waals surface area contributed by atoms with Crippen molar-refractivity contribution in [2.75, 3.05) is 94.7 Å². The third-order valence-electron chi connectivity index (χ3n) is 8.85. The lowest BCUT2D eigenvalue weighted by Gasteiger charge is -2.33. The first-order valence-electron chi connectivity index (χ1n) is 16.7. The monoisotopic (exact) mass is 734 g/mol. The van der Waals surface area contributed by atoms with Crippen LogP contribution in [0.15, 0.2) is 71.8 Å². The van der Waals surface area contributed by atoms with Crippen molar-refractivity contribution in [3.8, 4) is 16.2 Å². The Morgan fingerprint density at radius 3 is 2.25 bits per heavy atom. The van der Waals surface area contributed by atoms with Crippen LogP contribution in [0.25, 0.3) is 10.4 Å². The van der Waals surface area contributed by atoms with Crippen molar-refractivity contribution in [2.45, 2.75) is 11.8 Å². The van der Waals surface area contributed by atoms with Gasteiger partial charge in [0, 0.05) is 68.9 Å². The van der Waals surface area contributed by atoms with Gasteiger partial charge < -0.3 is 29.3 Å². The van der Waals surface area contributed by atoms with E-state index in [2.05, 4.69) is 36.8 Å². The molecule has 2 N–H and O–H groups in total. The molecule has 0 spiro atoms. The smallest absolute Gasteiger partial charge is 0.337 e. The van der Waals surface area contributed by atoms with Gasteiger partial charge in [-0.1, -0.05) is 0 Å². The largest absolute Gasteiger partial charge is 0.492 e. The molecule has 2 aliphatic rings. The van der Waals surface area contributed by atoms with Crippen LogP contribution in [0.1, 0.15) is 25.6 Å². The van der Waals surface area contributed by atoms with Crippen molar-refractivity contribution >= 4 is 50.4 Å². The van der Waals surface area contributed by atoms with Crippen LogP contribution in [0.5, 0.6) is 5.75 Å². The van der Waals surface area contributed by atoms with Crippen molar-refractivity contribution in [1.82, 2.24) is 14.8 Å². The molecule has 51 heavy (non-hydrogen) atoms. The van der Waals surface area contributed by atoms with E-state index in [-0.39, 0.29) is 21.0 Å². The molecule has 2 aromatic carbocycles. The summed E-state index contributed by atoms with van der Waals surface area (Å²) in [7, 11) is -0.851. The molecule has 1 amide bonds. The number of carbonyl (C=O) groups excluding carboxylic acids is 2. The Kier molecular flexibility index (Phi) is 11.5. The number of thiophene rings is 1. The molecule has 2 fully saturated rings. The number of benzene rings is 2. The maximum absolute atomic E-state index is 14.1. The van der Waals surface area contributed by atoms with Crippen LogP contribution in [0.2, 0.25) is 0 Å². The van der Waals surface area contributed by atoms with E-state index in [1.165, 1.54) is 31.4 Å². The normalized spacial score (nSPS) is 15.7. The van der Waals surface area contributed by atoms with Crippen LogP contribution in [0.3, 0.4) is 0 Å². The van der Waals surface area contributed by atoms with Crippen LogP contribution < -0.4 is 19.7 Å². The van der Waals surface area contributed by atoms with Gasteiger partial charge in [-0.25, -0.2) is 18.2 Å². The highest BCUT2D eigenvalue weighted by atomic mass is 32.2. The van der Waals surface area contributed by atoms with Crippen LogP contribution in [-0.4, -0.2) is 115 Å². The van der Waals surface area contributed by atoms with Gasteiger partial charge in [-0.3, -0.25) is 14.4 Å². The third-order valence-corrected chi connectivity index (χ3v) is 11.9. The van der Waals surface area contributed by atoms with Gasteiger partial charge in [0.2, 0.25) is 0 Å². The highest BCUT2D eigenvalue weighted by Gasteiger charge is 2.30. The Morgan fingerprint density at radius 1 is 0.922 bits per heavy atom. The molecule has 0 radical (unpaired) electrons. The van der Waals surface area contributed by atoms with Crippen LogP contribution >= 0.6 is 11.3 Å². The number of likely N-dealkylation sites (N-methyl/N-ethyl adjacent to an activating group) is 1. The zero-order valence-electron chi connectivity index (χ0n) is 28.9. The number of ether oxygens (including phenoxy) is 3. The van der Waals surface area contributed by atoms with Crippen molar-refractivity contribution < 1.29 is 32.2 Å². The lowest BCUT2D eigenvalue weighted by atomic mass is 10.2. The number of nitrogens with one attached hydrogen (secondary N) is 2. The Balaban J connectivity index is 1.23. The van der Waals surface area contributed by atoms with Gasteiger partial charge in [-0.05, 0) is 80.2 Å². The molecular formula is C36H42N6O7S2. The molecule has 6 rings (SSSR count). The van der Waals surface area contributed by atoms with Crippen molar-refractivity contribution in [3.63, 3.8) is 0 Å². The van der Waals surface area contributed by atoms with E-state index in [0.29, 0.717) is 34.0 Å². The van der Waals surface area contributed by atoms with E-state index in [1.807, 2.05) is 12.1 Å². The number of pyridine rings is 1. The standard InChI is InChI=1S/C36H42N6O7S2/c1-25-32(35(43)38-28-9-11-30(12-10-28)49-23-20-41-18-21-48-22-19-41)50-33(27-6-13-31(37-24-27)42-16-14-40(2)15-17-42)34(25)51(45,46)39-29-7-4-26(5-8-29)36(44)47-3/h4-13,24,39H,14-23H2,1-3H3,(H,38,43). The number of nitrogens with zero attached hydrogens (tertiary/aromatic N) is 4. The Bertz CT molecular complexity index is 1920. The van der Waals surface area contributed by atoms with Gasteiger partial charge in [0.25, 0.3) is 15.9 Å². The van der Waals surface area contributed by atoms with Gasteiger partial charge in [0.05, 0.1) is 35.6 Å². The lowest BCUT2D eigenvalue weighted by Crippen LogP contribution is -2.44. The number of hydrogen-bond acceptors (Lipinski definition) is 12. The van der Waals surface area contributed by atoms with Crippen molar-refractivity contribution in [3.05, 3.63) is 82.9 Å². The SMILES string of the molecule is COC(=O)c1ccc(NS(=O)(=O)c2c(-c3ccc(N4CCN(C)CC4)nc3)sc(C(=O)Nc3ccc(OCCN4CCOCC4)cc3)c2C)cc1. The summed E-state index contributed by atoms with van der Waals surface area (Å²) in [6.07, 6.45) is 1.66. The molecular weight excluding hydrogens is 693 g/mol. The minimum atomic E-state index is -4.21. The number of hydrogen-bond donors (Lipinski definition) is 2. The van der Waals surface area contributed by atoms with E-state index in [1.54, 1.807) is 37.4 Å². The number of piperazine rings is 1. The summed E-state index contributed by atoms with van der Waals surface area (Å²) in [5.41, 5.74) is 1.95. The predicted molar refractivity (Wildman–Crippen MR) is 198 cm³/mol. The van der Waals surface area contributed by atoms with Crippen molar-refractivity contribution in [1.29, 1.82) is 0 Å². The number of rotatable bonds is 12. The first-order valence-corrected chi connectivity index (χ1v) is 19.0. The lowest BCUT2D eigenvalue weighted by molar-refractivity contribution is 0.0322. The summed E-state index contributed by atoms with van der Waals surface area (Å²) >= 11 is 1.09. The van der Waals surface area contributed by atoms with Gasteiger partial charge in [0.15, 0.2) is 0 Å². The number of sulfonamides is 1. The summed E-state index contributed by atoms with van der Waals surface area (Å²) < 4.78 is 46.8. The highest BCUT2D eigenvalue weighted by molar-refractivity contribution is 7.93. The van der Waals surface area contributed by atoms with Gasteiger partial charge in [0.1, 0.15) is 23.1 Å². The second-order valence-electron chi connectivity index (χ2n) is 12.4. The number of morpholine rings is 1. The molecule has 0 atom stereocenters. The maximum atomic E-state index is 14.1. The minimum Gasteiger partial charge on any atom is -0.492 e. The first-order chi connectivity index (χ1) is 24.6. The van der Waals surface area contributed by atoms with Crippen LogP contribution in [0.4, 0.5) is 17.2 Å². The van der Waals surface area contributed by atoms with Crippen LogP contribution in [0, 0.1) is 6.92 Å². The molecule has 2 saturated heterocycles. The fourth-order valence-corrected chi connectivity index (χ4v) is 8.93. The molecule has 0 aliphatic carbocycles. The third kappa shape index (κ3) is 8.86. The zero-order chi connectivity index (χ0) is 36.0. The fraction of sp³-hybridized carbons (Fsp3) is 0.361. The van der Waals surface area contributed by atoms with E-state index < -0.39 is 21.9 Å². The molecule has 270 valence electrons. The Morgan fingerprint density at radius 2 is 1.61 bits per heavy atom. The number of anilines is 3. The zero-order valence-corrected chi connectivity index (χ0v) is 30.5. The van der Waals surface area contributed by atoms with Crippen LogP contribution in [-0.2, 0) is 19.5 Å². The average Bonchev–Trinajstić information content (AvgIpc) is 3.51. The second-order valence-corrected chi connectivity index (χ2v) is 15.0. The topological polar surface area (TPSA) is 143 Å². The van der Waals surface area contributed by atoms with Gasteiger partial charge in [-0.15, -0.1) is 11.3 Å². The first kappa shape index (κ1) is 36.3. The molecule has 4 heterocycles. The molecule has 15 heteroatoms. The summed E-state index contributed by atoms with van der Waals surface area (Å²) in [4.78, 5) is 37.7. The highest BCUT2D eigenvalue weighted by Crippen LogP contribution is 2.41. The van der Waals surface area contributed by atoms with E-state index >= 15 is 0 Å². The summed E-state index contributed by atoms with van der Waals surface area (Å²) in [5, 5.41) is 2.91. The van der Waals surface area contributed by atoms with Gasteiger partial charge >= 0.3 is 5.97 Å². The molecule has 2 aromatic heterocycles.